The van der Waals surface area contributed by atoms with E-state index in [1.54, 1.807) is 11.3 Å². The van der Waals surface area contributed by atoms with Gasteiger partial charge in [-0.3, -0.25) is 0 Å². The number of aromatic nitrogens is 1. The van der Waals surface area contributed by atoms with E-state index in [1.807, 2.05) is 32.6 Å². The topological polar surface area (TPSA) is 54.5 Å². The molecule has 130 valence electrons. The van der Waals surface area contributed by atoms with Crippen LogP contribution < -0.4 is 5.32 Å². The molecule has 5 nitrogen and oxygen atoms in total. The zero-order valence-electron chi connectivity index (χ0n) is 14.9. The van der Waals surface area contributed by atoms with Crippen molar-refractivity contribution in [1.29, 1.82) is 0 Å². The Balaban J connectivity index is 1.94. The normalized spacial score (nSPS) is 19.9. The molecule has 0 spiro atoms. The van der Waals surface area contributed by atoms with Gasteiger partial charge in [0.15, 0.2) is 0 Å². The summed E-state index contributed by atoms with van der Waals surface area (Å²) in [5.74, 6) is 0.451. The number of hydrogen-bond donors (Lipinski definition) is 1. The molecule has 1 N–H and O–H groups in total. The molecule has 0 aromatic carbocycles. The molecule has 1 aliphatic heterocycles. The van der Waals surface area contributed by atoms with Crippen LogP contribution in [0.2, 0.25) is 0 Å². The SMILES string of the molecule is CCNC(Cc1nc(C)cs1)C1CCN(C(=O)OC(C)(C)C)C1. The second kappa shape index (κ2) is 7.62. The van der Waals surface area contributed by atoms with Gasteiger partial charge in [0.2, 0.25) is 0 Å². The van der Waals surface area contributed by atoms with Crippen molar-refractivity contribution in [3.8, 4) is 0 Å². The number of hydrogen-bond acceptors (Lipinski definition) is 5. The van der Waals surface area contributed by atoms with Gasteiger partial charge in [0, 0.05) is 36.6 Å². The zero-order valence-corrected chi connectivity index (χ0v) is 15.7. The van der Waals surface area contributed by atoms with Crippen molar-refractivity contribution in [1.82, 2.24) is 15.2 Å². The molecule has 0 radical (unpaired) electrons. The molecule has 6 heteroatoms. The third kappa shape index (κ3) is 5.46. The first-order chi connectivity index (χ1) is 10.8. The molecule has 2 unspecified atom stereocenters. The first-order valence-electron chi connectivity index (χ1n) is 8.41. The van der Waals surface area contributed by atoms with E-state index >= 15 is 0 Å². The van der Waals surface area contributed by atoms with Crippen LogP contribution in [0.5, 0.6) is 0 Å². The van der Waals surface area contributed by atoms with Gasteiger partial charge in [0.25, 0.3) is 0 Å². The van der Waals surface area contributed by atoms with Crippen molar-refractivity contribution in [2.45, 2.75) is 59.1 Å². The lowest BCUT2D eigenvalue weighted by Gasteiger charge is -2.26. The predicted molar refractivity (Wildman–Crippen MR) is 93.9 cm³/mol. The minimum absolute atomic E-state index is 0.194. The first-order valence-corrected chi connectivity index (χ1v) is 9.28. The average molecular weight is 340 g/mol. The molecule has 2 atom stereocenters. The maximum Gasteiger partial charge on any atom is 0.410 e. The van der Waals surface area contributed by atoms with E-state index in [2.05, 4.69) is 22.6 Å². The summed E-state index contributed by atoms with van der Waals surface area (Å²) in [5.41, 5.74) is 0.649. The van der Waals surface area contributed by atoms with Crippen LogP contribution in [0, 0.1) is 12.8 Å². The number of rotatable bonds is 5. The molecule has 0 aliphatic carbocycles. The van der Waals surface area contributed by atoms with Gasteiger partial charge in [0.1, 0.15) is 5.60 Å². The van der Waals surface area contributed by atoms with Crippen molar-refractivity contribution in [3.63, 3.8) is 0 Å². The minimum atomic E-state index is -0.436. The summed E-state index contributed by atoms with van der Waals surface area (Å²) in [7, 11) is 0. The molecular formula is C17H29N3O2S. The fourth-order valence-corrected chi connectivity index (χ4v) is 3.79. The molecule has 0 saturated carbocycles. The van der Waals surface area contributed by atoms with Crippen LogP contribution in [0.4, 0.5) is 4.79 Å². The second-order valence-corrected chi connectivity index (χ2v) is 8.17. The molecule has 2 heterocycles. The molecule has 1 aromatic rings. The quantitative estimate of drug-likeness (QED) is 0.895. The standard InChI is InChI=1S/C17H29N3O2S/c1-6-18-14(9-15-19-12(2)11-23-15)13-7-8-20(10-13)16(21)22-17(3,4)5/h11,13-14,18H,6-10H2,1-5H3. The third-order valence-corrected chi connectivity index (χ3v) is 4.96. The van der Waals surface area contributed by atoms with Gasteiger partial charge in [0.05, 0.1) is 5.01 Å². The Labute approximate surface area is 143 Å². The predicted octanol–water partition coefficient (Wildman–Crippen LogP) is 3.23. The van der Waals surface area contributed by atoms with Crippen molar-refractivity contribution in [3.05, 3.63) is 16.1 Å². The summed E-state index contributed by atoms with van der Waals surface area (Å²) < 4.78 is 5.49. The van der Waals surface area contributed by atoms with Crippen molar-refractivity contribution in [2.75, 3.05) is 19.6 Å². The second-order valence-electron chi connectivity index (χ2n) is 7.23. The lowest BCUT2D eigenvalue weighted by molar-refractivity contribution is 0.0285. The third-order valence-electron chi connectivity index (χ3n) is 3.97. The molecule has 1 fully saturated rings. The number of likely N-dealkylation sites (N-methyl/N-ethyl adjacent to an activating group) is 1. The van der Waals surface area contributed by atoms with Gasteiger partial charge < -0.3 is 15.0 Å². The van der Waals surface area contributed by atoms with E-state index < -0.39 is 5.60 Å². The highest BCUT2D eigenvalue weighted by atomic mass is 32.1. The van der Waals surface area contributed by atoms with Gasteiger partial charge in [-0.2, -0.15) is 0 Å². The molecule has 1 aliphatic rings. The Hall–Kier alpha value is -1.14. The van der Waals surface area contributed by atoms with Crippen LogP contribution in [0.3, 0.4) is 0 Å². The number of carbonyl (C=O) groups is 1. The van der Waals surface area contributed by atoms with E-state index in [1.165, 1.54) is 5.01 Å². The van der Waals surface area contributed by atoms with Crippen LogP contribution in [-0.4, -0.2) is 47.3 Å². The van der Waals surface area contributed by atoms with Gasteiger partial charge in [-0.25, -0.2) is 9.78 Å². The fourth-order valence-electron chi connectivity index (χ4n) is 2.96. The maximum atomic E-state index is 12.2. The Morgan fingerprint density at radius 2 is 2.30 bits per heavy atom. The zero-order chi connectivity index (χ0) is 17.0. The van der Waals surface area contributed by atoms with E-state index in [9.17, 15) is 4.79 Å². The van der Waals surface area contributed by atoms with Crippen LogP contribution in [0.1, 0.15) is 44.8 Å². The first kappa shape index (κ1) is 18.2. The van der Waals surface area contributed by atoms with Crippen LogP contribution in [0.25, 0.3) is 0 Å². The minimum Gasteiger partial charge on any atom is -0.444 e. The largest absolute Gasteiger partial charge is 0.444 e. The molecule has 1 saturated heterocycles. The van der Waals surface area contributed by atoms with Crippen molar-refractivity contribution < 1.29 is 9.53 Å². The number of amides is 1. The van der Waals surface area contributed by atoms with E-state index in [0.29, 0.717) is 12.0 Å². The van der Waals surface area contributed by atoms with Gasteiger partial charge in [-0.05, 0) is 46.6 Å². The van der Waals surface area contributed by atoms with Crippen molar-refractivity contribution in [2.24, 2.45) is 5.92 Å². The number of thiazole rings is 1. The number of ether oxygens (including phenoxy) is 1. The highest BCUT2D eigenvalue weighted by Gasteiger charge is 2.34. The lowest BCUT2D eigenvalue weighted by atomic mass is 9.96. The molecule has 2 rings (SSSR count). The smallest absolute Gasteiger partial charge is 0.410 e. The fraction of sp³-hybridized carbons (Fsp3) is 0.765. The summed E-state index contributed by atoms with van der Waals surface area (Å²) in [5, 5.41) is 6.85. The summed E-state index contributed by atoms with van der Waals surface area (Å²) >= 11 is 1.72. The summed E-state index contributed by atoms with van der Waals surface area (Å²) in [6, 6.07) is 0.359. The Kier molecular flexibility index (Phi) is 6.03. The summed E-state index contributed by atoms with van der Waals surface area (Å²) in [6.45, 7) is 12.3. The molecule has 0 bridgehead atoms. The number of carbonyl (C=O) groups excluding carboxylic acids is 1. The molecular weight excluding hydrogens is 310 g/mol. The number of likely N-dealkylation sites (tertiary alicyclic amines) is 1. The van der Waals surface area contributed by atoms with Gasteiger partial charge >= 0.3 is 6.09 Å². The summed E-state index contributed by atoms with van der Waals surface area (Å²) in [4.78, 5) is 18.6. The van der Waals surface area contributed by atoms with E-state index in [4.69, 9.17) is 4.74 Å². The van der Waals surface area contributed by atoms with E-state index in [-0.39, 0.29) is 6.09 Å². The summed E-state index contributed by atoms with van der Waals surface area (Å²) in [6.07, 6.45) is 1.75. The monoisotopic (exact) mass is 339 g/mol. The van der Waals surface area contributed by atoms with Crippen LogP contribution >= 0.6 is 11.3 Å². The molecule has 1 amide bonds. The highest BCUT2D eigenvalue weighted by molar-refractivity contribution is 7.09. The van der Waals surface area contributed by atoms with E-state index in [0.717, 1.165) is 38.2 Å². The number of nitrogens with one attached hydrogen (secondary N) is 1. The Bertz CT molecular complexity index is 524. The average Bonchev–Trinajstić information content (AvgIpc) is 3.05. The number of aryl methyl sites for hydroxylation is 1. The van der Waals surface area contributed by atoms with Crippen LogP contribution in [-0.2, 0) is 11.2 Å². The van der Waals surface area contributed by atoms with Crippen LogP contribution in [0.15, 0.2) is 5.38 Å². The Morgan fingerprint density at radius 3 is 2.87 bits per heavy atom. The molecule has 23 heavy (non-hydrogen) atoms. The van der Waals surface area contributed by atoms with Crippen molar-refractivity contribution >= 4 is 17.4 Å². The highest BCUT2D eigenvalue weighted by Crippen LogP contribution is 2.25. The molecule has 1 aromatic heterocycles. The van der Waals surface area contributed by atoms with Gasteiger partial charge in [-0.1, -0.05) is 6.92 Å². The lowest BCUT2D eigenvalue weighted by Crippen LogP contribution is -2.41. The van der Waals surface area contributed by atoms with Gasteiger partial charge in [-0.15, -0.1) is 11.3 Å². The Morgan fingerprint density at radius 1 is 1.57 bits per heavy atom. The maximum absolute atomic E-state index is 12.2. The number of nitrogens with zero attached hydrogens (tertiary/aromatic N) is 2.